The van der Waals surface area contributed by atoms with Crippen molar-refractivity contribution < 1.29 is 9.59 Å². The Kier molecular flexibility index (Phi) is 6.41. The second-order valence-corrected chi connectivity index (χ2v) is 8.14. The molecular weight excluding hydrogens is 420 g/mol. The molecule has 1 aliphatic heterocycles. The molecule has 1 aromatic carbocycles. The smallest absolute Gasteiger partial charge is 0.295 e. The summed E-state index contributed by atoms with van der Waals surface area (Å²) in [6.07, 6.45) is 1.60. The first kappa shape index (κ1) is 22.5. The molecule has 1 atom stereocenters. The molecule has 33 heavy (non-hydrogen) atoms. The first-order chi connectivity index (χ1) is 15.9. The lowest BCUT2D eigenvalue weighted by atomic mass is 10.2. The van der Waals surface area contributed by atoms with Crippen LogP contribution in [-0.4, -0.2) is 68.2 Å². The molecule has 0 saturated carbocycles. The fourth-order valence-corrected chi connectivity index (χ4v) is 4.07. The van der Waals surface area contributed by atoms with E-state index in [0.29, 0.717) is 37.6 Å². The van der Waals surface area contributed by atoms with Crippen molar-refractivity contribution in [1.82, 2.24) is 24.1 Å². The Morgan fingerprint density at radius 3 is 2.30 bits per heavy atom. The molecule has 1 saturated heterocycles. The molecule has 2 aromatic heterocycles. The number of rotatable bonds is 5. The summed E-state index contributed by atoms with van der Waals surface area (Å²) >= 11 is 0. The number of carbonyl (C=O) groups excluding carboxylic acids is 2. The summed E-state index contributed by atoms with van der Waals surface area (Å²) in [6.45, 7) is 5.78. The number of aromatic nitrogens is 3. The molecule has 0 aliphatic carbocycles. The maximum atomic E-state index is 13.1. The topological polar surface area (TPSA) is 92.5 Å². The zero-order valence-electron chi connectivity index (χ0n) is 19.1. The molecule has 0 radical (unpaired) electrons. The summed E-state index contributed by atoms with van der Waals surface area (Å²) in [5.41, 5.74) is 1.84. The standard InChI is InChI=1S/C24H28N6O3/c1-17-21(24(33)30(27(17)3)19-9-5-4-6-10-19)26-22(31)18(2)28-13-15-29(16-14-28)23(32)20-11-7-8-12-25-20/h4-12,18H,13-16H2,1-3H3,(H,26,31). The summed E-state index contributed by atoms with van der Waals surface area (Å²) in [5, 5.41) is 2.84. The monoisotopic (exact) mass is 448 g/mol. The van der Waals surface area contributed by atoms with Crippen LogP contribution < -0.4 is 10.9 Å². The van der Waals surface area contributed by atoms with Crippen molar-refractivity contribution in [3.63, 3.8) is 0 Å². The van der Waals surface area contributed by atoms with Crippen LogP contribution in [0.2, 0.25) is 0 Å². The van der Waals surface area contributed by atoms with E-state index < -0.39 is 6.04 Å². The first-order valence-corrected chi connectivity index (χ1v) is 11.0. The molecule has 3 aromatic rings. The fourth-order valence-electron chi connectivity index (χ4n) is 4.07. The second-order valence-electron chi connectivity index (χ2n) is 8.14. The predicted octanol–water partition coefficient (Wildman–Crippen LogP) is 1.66. The van der Waals surface area contributed by atoms with Crippen molar-refractivity contribution >= 4 is 17.5 Å². The van der Waals surface area contributed by atoms with E-state index in [1.807, 2.05) is 49.1 Å². The average molecular weight is 449 g/mol. The van der Waals surface area contributed by atoms with Gasteiger partial charge in [-0.05, 0) is 38.1 Å². The van der Waals surface area contributed by atoms with E-state index in [9.17, 15) is 14.4 Å². The third-order valence-electron chi connectivity index (χ3n) is 6.22. The molecule has 1 unspecified atom stereocenters. The van der Waals surface area contributed by atoms with Gasteiger partial charge in [-0.1, -0.05) is 24.3 Å². The van der Waals surface area contributed by atoms with Crippen molar-refractivity contribution in [3.8, 4) is 5.69 Å². The summed E-state index contributed by atoms with van der Waals surface area (Å²) < 4.78 is 3.28. The number of carbonyl (C=O) groups is 2. The molecule has 4 rings (SSSR count). The molecule has 0 bridgehead atoms. The van der Waals surface area contributed by atoms with Crippen molar-refractivity contribution in [1.29, 1.82) is 0 Å². The van der Waals surface area contributed by atoms with Crippen LogP contribution in [0, 0.1) is 6.92 Å². The summed E-state index contributed by atoms with van der Waals surface area (Å²) in [7, 11) is 1.79. The number of piperazine rings is 1. The van der Waals surface area contributed by atoms with Crippen LogP contribution in [0.15, 0.2) is 59.5 Å². The van der Waals surface area contributed by atoms with E-state index in [4.69, 9.17) is 0 Å². The maximum absolute atomic E-state index is 13.1. The van der Waals surface area contributed by atoms with Crippen LogP contribution >= 0.6 is 0 Å². The molecule has 1 fully saturated rings. The maximum Gasteiger partial charge on any atom is 0.295 e. The molecule has 1 aliphatic rings. The van der Waals surface area contributed by atoms with Crippen molar-refractivity contribution in [2.75, 3.05) is 31.5 Å². The third-order valence-corrected chi connectivity index (χ3v) is 6.22. The fraction of sp³-hybridized carbons (Fsp3) is 0.333. The number of hydrogen-bond acceptors (Lipinski definition) is 5. The quantitative estimate of drug-likeness (QED) is 0.641. The van der Waals surface area contributed by atoms with Gasteiger partial charge >= 0.3 is 0 Å². The Labute approximate surface area is 192 Å². The summed E-state index contributed by atoms with van der Waals surface area (Å²) in [4.78, 5) is 46.6. The lowest BCUT2D eigenvalue weighted by Crippen LogP contribution is -2.54. The predicted molar refractivity (Wildman–Crippen MR) is 126 cm³/mol. The number of benzene rings is 1. The van der Waals surface area contributed by atoms with E-state index in [0.717, 1.165) is 5.69 Å². The lowest BCUT2D eigenvalue weighted by Gasteiger charge is -2.37. The normalized spacial score (nSPS) is 15.3. The number of nitrogens with one attached hydrogen (secondary N) is 1. The number of nitrogens with zero attached hydrogens (tertiary/aromatic N) is 5. The number of amides is 2. The van der Waals surface area contributed by atoms with Gasteiger partial charge in [-0.3, -0.25) is 28.9 Å². The third kappa shape index (κ3) is 4.45. The van der Waals surface area contributed by atoms with E-state index in [1.165, 1.54) is 4.68 Å². The first-order valence-electron chi connectivity index (χ1n) is 11.0. The molecule has 3 heterocycles. The van der Waals surface area contributed by atoms with Crippen LogP contribution in [0.4, 0.5) is 5.69 Å². The lowest BCUT2D eigenvalue weighted by molar-refractivity contribution is -0.121. The molecule has 1 N–H and O–H groups in total. The molecule has 9 nitrogen and oxygen atoms in total. The highest BCUT2D eigenvalue weighted by molar-refractivity contribution is 5.95. The zero-order valence-corrected chi connectivity index (χ0v) is 19.1. The summed E-state index contributed by atoms with van der Waals surface area (Å²) in [6, 6.07) is 14.1. The molecule has 9 heteroatoms. The van der Waals surface area contributed by atoms with Gasteiger partial charge in [-0.25, -0.2) is 4.68 Å². The van der Waals surface area contributed by atoms with Gasteiger partial charge in [0.2, 0.25) is 5.91 Å². The average Bonchev–Trinajstić information content (AvgIpc) is 3.07. The molecule has 0 spiro atoms. The Bertz CT molecular complexity index is 1190. The molecular formula is C24H28N6O3. The highest BCUT2D eigenvalue weighted by atomic mass is 16.2. The Hall–Kier alpha value is -3.72. The van der Waals surface area contributed by atoms with E-state index in [2.05, 4.69) is 10.3 Å². The Morgan fingerprint density at radius 2 is 1.67 bits per heavy atom. The van der Waals surface area contributed by atoms with Crippen LogP contribution in [0.5, 0.6) is 0 Å². The number of para-hydroxylation sites is 1. The van der Waals surface area contributed by atoms with E-state index in [1.54, 1.807) is 41.0 Å². The Morgan fingerprint density at radius 1 is 1.00 bits per heavy atom. The Balaban J connectivity index is 1.42. The van der Waals surface area contributed by atoms with Gasteiger partial charge in [0, 0.05) is 39.4 Å². The van der Waals surface area contributed by atoms with Gasteiger partial charge in [-0.15, -0.1) is 0 Å². The van der Waals surface area contributed by atoms with Crippen LogP contribution in [-0.2, 0) is 11.8 Å². The highest BCUT2D eigenvalue weighted by Crippen LogP contribution is 2.16. The minimum atomic E-state index is -0.443. The number of anilines is 1. The minimum Gasteiger partial charge on any atom is -0.335 e. The van der Waals surface area contributed by atoms with Crippen molar-refractivity contribution in [2.24, 2.45) is 7.05 Å². The zero-order chi connectivity index (χ0) is 23.5. The van der Waals surface area contributed by atoms with Gasteiger partial charge in [0.25, 0.3) is 11.5 Å². The molecule has 172 valence electrons. The van der Waals surface area contributed by atoms with Gasteiger partial charge in [0.15, 0.2) is 0 Å². The molecule has 2 amide bonds. The second kappa shape index (κ2) is 9.41. The van der Waals surface area contributed by atoms with Crippen LogP contribution in [0.3, 0.4) is 0 Å². The van der Waals surface area contributed by atoms with Crippen LogP contribution in [0.1, 0.15) is 23.1 Å². The number of pyridine rings is 1. The van der Waals surface area contributed by atoms with Crippen molar-refractivity contribution in [3.05, 3.63) is 76.5 Å². The van der Waals surface area contributed by atoms with Gasteiger partial charge < -0.3 is 10.2 Å². The SMILES string of the molecule is Cc1c(NC(=O)C(C)N2CCN(C(=O)c3ccccn3)CC2)c(=O)n(-c2ccccc2)n1C. The summed E-state index contributed by atoms with van der Waals surface area (Å²) in [5.74, 6) is -0.348. The minimum absolute atomic E-state index is 0.103. The van der Waals surface area contributed by atoms with E-state index >= 15 is 0 Å². The van der Waals surface area contributed by atoms with Crippen LogP contribution in [0.25, 0.3) is 5.69 Å². The highest BCUT2D eigenvalue weighted by Gasteiger charge is 2.29. The van der Waals surface area contributed by atoms with Crippen molar-refractivity contribution in [2.45, 2.75) is 19.9 Å². The van der Waals surface area contributed by atoms with Gasteiger partial charge in [0.05, 0.1) is 17.4 Å². The van der Waals surface area contributed by atoms with Gasteiger partial charge in [0.1, 0.15) is 11.4 Å². The number of hydrogen-bond donors (Lipinski definition) is 1. The largest absolute Gasteiger partial charge is 0.335 e. The van der Waals surface area contributed by atoms with E-state index in [-0.39, 0.29) is 23.1 Å². The van der Waals surface area contributed by atoms with Gasteiger partial charge in [-0.2, -0.15) is 0 Å².